The minimum atomic E-state index is -0.0925. The van der Waals surface area contributed by atoms with Gasteiger partial charge in [-0.2, -0.15) is 0 Å². The third-order valence-corrected chi connectivity index (χ3v) is 3.56. The van der Waals surface area contributed by atoms with Crippen molar-refractivity contribution in [1.82, 2.24) is 10.2 Å². The van der Waals surface area contributed by atoms with Crippen LogP contribution in [-0.4, -0.2) is 23.2 Å². The summed E-state index contributed by atoms with van der Waals surface area (Å²) in [5, 5.41) is 12.4. The van der Waals surface area contributed by atoms with Gasteiger partial charge in [0.05, 0.1) is 0 Å². The number of hydrogen-bond donors (Lipinski definition) is 1. The lowest BCUT2D eigenvalue weighted by Crippen LogP contribution is -2.12. The molecular weight excluding hydrogens is 298 g/mol. The third kappa shape index (κ3) is 4.56. The van der Waals surface area contributed by atoms with Crippen molar-refractivity contribution in [3.8, 4) is 0 Å². The molecule has 0 saturated carbocycles. The smallest absolute Gasteiger partial charge is 0.226 e. The van der Waals surface area contributed by atoms with Crippen molar-refractivity contribution in [2.45, 2.75) is 19.4 Å². The summed E-state index contributed by atoms with van der Waals surface area (Å²) in [5.41, 5.74) is 1.03. The van der Waals surface area contributed by atoms with Crippen molar-refractivity contribution < 1.29 is 9.53 Å². The molecule has 7 heteroatoms. The summed E-state index contributed by atoms with van der Waals surface area (Å²) in [6, 6.07) is 7.48. The van der Waals surface area contributed by atoms with Gasteiger partial charge in [0.2, 0.25) is 11.0 Å². The average Bonchev–Trinajstić information content (AvgIpc) is 2.84. The van der Waals surface area contributed by atoms with Gasteiger partial charge < -0.3 is 10.1 Å². The molecule has 0 bridgehead atoms. The highest BCUT2D eigenvalue weighted by atomic mass is 35.5. The molecule has 0 aliphatic rings. The second kappa shape index (κ2) is 7.33. The summed E-state index contributed by atoms with van der Waals surface area (Å²) in [6.45, 7) is 0.399. The van der Waals surface area contributed by atoms with Crippen LogP contribution >= 0.6 is 22.9 Å². The molecule has 0 unspecified atom stereocenters. The highest BCUT2D eigenvalue weighted by Crippen LogP contribution is 2.17. The fourth-order valence-corrected chi connectivity index (χ4v) is 2.56. The van der Waals surface area contributed by atoms with Crippen molar-refractivity contribution >= 4 is 34.0 Å². The fraction of sp³-hybridized carbons (Fsp3) is 0.308. The number of carbonyl (C=O) groups excluding carboxylic acids is 1. The lowest BCUT2D eigenvalue weighted by atomic mass is 10.1. The molecule has 0 fully saturated rings. The molecule has 0 spiro atoms. The molecule has 0 aliphatic heterocycles. The Labute approximate surface area is 125 Å². The predicted octanol–water partition coefficient (Wildman–Crippen LogP) is 2.91. The Kier molecular flexibility index (Phi) is 5.46. The fourth-order valence-electron chi connectivity index (χ4n) is 1.62. The molecule has 0 atom stereocenters. The summed E-state index contributed by atoms with van der Waals surface area (Å²) in [4.78, 5) is 11.8. The average molecular weight is 312 g/mol. The molecule has 2 rings (SSSR count). The van der Waals surface area contributed by atoms with E-state index in [0.29, 0.717) is 29.6 Å². The monoisotopic (exact) mass is 311 g/mol. The number of nitrogens with zero attached hydrogens (tertiary/aromatic N) is 2. The van der Waals surface area contributed by atoms with Crippen LogP contribution in [0.3, 0.4) is 0 Å². The first-order valence-corrected chi connectivity index (χ1v) is 7.22. The number of benzene rings is 1. The van der Waals surface area contributed by atoms with Crippen LogP contribution in [-0.2, 0) is 22.6 Å². The number of hydrogen-bond acceptors (Lipinski definition) is 5. The lowest BCUT2D eigenvalue weighted by Gasteiger charge is -2.02. The largest absolute Gasteiger partial charge is 0.377 e. The number of anilines is 1. The Morgan fingerprint density at radius 1 is 1.45 bits per heavy atom. The Morgan fingerprint density at radius 3 is 3.05 bits per heavy atom. The first-order valence-electron chi connectivity index (χ1n) is 6.03. The first-order chi connectivity index (χ1) is 9.67. The van der Waals surface area contributed by atoms with E-state index in [1.165, 1.54) is 11.3 Å². The minimum absolute atomic E-state index is 0.0925. The van der Waals surface area contributed by atoms with Gasteiger partial charge in [-0.3, -0.25) is 4.79 Å². The molecule has 20 heavy (non-hydrogen) atoms. The van der Waals surface area contributed by atoms with E-state index in [-0.39, 0.29) is 5.91 Å². The predicted molar refractivity (Wildman–Crippen MR) is 79.0 cm³/mol. The van der Waals surface area contributed by atoms with Crippen LogP contribution in [0.15, 0.2) is 24.3 Å². The Balaban J connectivity index is 1.82. The van der Waals surface area contributed by atoms with Gasteiger partial charge in [0.1, 0.15) is 11.6 Å². The maximum absolute atomic E-state index is 11.8. The van der Waals surface area contributed by atoms with Gasteiger partial charge in [-0.15, -0.1) is 10.2 Å². The summed E-state index contributed by atoms with van der Waals surface area (Å²) in [7, 11) is 1.59. The van der Waals surface area contributed by atoms with Gasteiger partial charge in [0.25, 0.3) is 0 Å². The van der Waals surface area contributed by atoms with Crippen LogP contribution in [0.2, 0.25) is 5.02 Å². The number of nitrogens with one attached hydrogen (secondary N) is 1. The quantitative estimate of drug-likeness (QED) is 0.891. The molecule has 0 aliphatic carbocycles. The number of aromatic nitrogens is 2. The van der Waals surface area contributed by atoms with Crippen LogP contribution in [0.5, 0.6) is 0 Å². The van der Waals surface area contributed by atoms with Crippen molar-refractivity contribution in [3.05, 3.63) is 39.9 Å². The van der Waals surface area contributed by atoms with Crippen LogP contribution < -0.4 is 5.32 Å². The van der Waals surface area contributed by atoms with E-state index >= 15 is 0 Å². The van der Waals surface area contributed by atoms with Gasteiger partial charge in [-0.05, 0) is 24.1 Å². The van der Waals surface area contributed by atoms with E-state index in [9.17, 15) is 4.79 Å². The first kappa shape index (κ1) is 14.9. The van der Waals surface area contributed by atoms with Crippen molar-refractivity contribution in [1.29, 1.82) is 0 Å². The second-order valence-electron chi connectivity index (χ2n) is 4.11. The summed E-state index contributed by atoms with van der Waals surface area (Å²) >= 11 is 7.20. The lowest BCUT2D eigenvalue weighted by molar-refractivity contribution is -0.116. The number of rotatable bonds is 6. The second-order valence-corrected chi connectivity index (χ2v) is 5.61. The normalized spacial score (nSPS) is 10.5. The van der Waals surface area contributed by atoms with Crippen molar-refractivity contribution in [2.24, 2.45) is 0 Å². The van der Waals surface area contributed by atoms with E-state index in [1.54, 1.807) is 7.11 Å². The van der Waals surface area contributed by atoms with Crippen molar-refractivity contribution in [3.63, 3.8) is 0 Å². The van der Waals surface area contributed by atoms with E-state index in [0.717, 1.165) is 10.6 Å². The summed E-state index contributed by atoms with van der Waals surface area (Å²) < 4.78 is 4.95. The van der Waals surface area contributed by atoms with E-state index in [2.05, 4.69) is 15.5 Å². The summed E-state index contributed by atoms with van der Waals surface area (Å²) in [5.74, 6) is -0.0925. The van der Waals surface area contributed by atoms with Gasteiger partial charge in [0.15, 0.2) is 0 Å². The molecule has 2 aromatic rings. The van der Waals surface area contributed by atoms with Crippen LogP contribution in [0.25, 0.3) is 0 Å². The van der Waals surface area contributed by atoms with E-state index in [4.69, 9.17) is 16.3 Å². The third-order valence-electron chi connectivity index (χ3n) is 2.51. The Hall–Kier alpha value is -1.50. The zero-order valence-electron chi connectivity index (χ0n) is 10.9. The topological polar surface area (TPSA) is 64.1 Å². The zero-order chi connectivity index (χ0) is 14.4. The van der Waals surface area contributed by atoms with Crippen molar-refractivity contribution in [2.75, 3.05) is 12.4 Å². The molecule has 1 heterocycles. The number of halogens is 1. The molecule has 0 radical (unpaired) electrons. The van der Waals surface area contributed by atoms with E-state index in [1.807, 2.05) is 24.3 Å². The number of carbonyl (C=O) groups is 1. The molecule has 106 valence electrons. The van der Waals surface area contributed by atoms with Gasteiger partial charge in [0, 0.05) is 18.6 Å². The molecule has 0 saturated heterocycles. The summed E-state index contributed by atoms with van der Waals surface area (Å²) in [6.07, 6.45) is 1.01. The van der Waals surface area contributed by atoms with Gasteiger partial charge in [-0.1, -0.05) is 35.1 Å². The van der Waals surface area contributed by atoms with Gasteiger partial charge in [-0.25, -0.2) is 0 Å². The molecule has 1 aromatic carbocycles. The molecule has 1 aromatic heterocycles. The Morgan fingerprint density at radius 2 is 2.30 bits per heavy atom. The number of ether oxygens (including phenoxy) is 1. The van der Waals surface area contributed by atoms with Gasteiger partial charge >= 0.3 is 0 Å². The van der Waals surface area contributed by atoms with Crippen LogP contribution in [0.4, 0.5) is 5.13 Å². The van der Waals surface area contributed by atoms with E-state index < -0.39 is 0 Å². The number of methoxy groups -OCH3 is 1. The highest BCUT2D eigenvalue weighted by molar-refractivity contribution is 7.15. The SMILES string of the molecule is COCc1nnc(NC(=O)CCc2cccc(Cl)c2)s1. The minimum Gasteiger partial charge on any atom is -0.377 e. The zero-order valence-corrected chi connectivity index (χ0v) is 12.5. The molecule has 1 amide bonds. The molecule has 1 N–H and O–H groups in total. The van der Waals surface area contributed by atoms with Crippen LogP contribution in [0, 0.1) is 0 Å². The molecular formula is C13H14ClN3O2S. The molecule has 5 nitrogen and oxygen atoms in total. The highest BCUT2D eigenvalue weighted by Gasteiger charge is 2.08. The van der Waals surface area contributed by atoms with Crippen LogP contribution in [0.1, 0.15) is 17.0 Å². The maximum atomic E-state index is 11.8. The number of amides is 1. The maximum Gasteiger partial charge on any atom is 0.226 e. The number of aryl methyl sites for hydroxylation is 1. The Bertz CT molecular complexity index is 589. The standard InChI is InChI=1S/C13H14ClN3O2S/c1-19-8-12-16-17-13(20-12)15-11(18)6-5-9-3-2-4-10(14)7-9/h2-4,7H,5-6,8H2,1H3,(H,15,17,18).